The summed E-state index contributed by atoms with van der Waals surface area (Å²) in [7, 11) is -2.42. The summed E-state index contributed by atoms with van der Waals surface area (Å²) in [4.78, 5) is 6.08. The molecule has 3 aromatic rings. The van der Waals surface area contributed by atoms with E-state index in [2.05, 4.69) is 15.1 Å². The van der Waals surface area contributed by atoms with Gasteiger partial charge in [-0.3, -0.25) is 0 Å². The Bertz CT molecular complexity index is 1150. The number of fused-ring (bicyclic) bond motifs is 1. The van der Waals surface area contributed by atoms with E-state index in [9.17, 15) is 26.0 Å². The van der Waals surface area contributed by atoms with Crippen LogP contribution in [0.1, 0.15) is 5.56 Å². The predicted octanol–water partition coefficient (Wildman–Crippen LogP) is 2.10. The lowest BCUT2D eigenvalue weighted by atomic mass is 10.2. The summed E-state index contributed by atoms with van der Waals surface area (Å²) < 4.78 is 90.8. The fraction of sp³-hybridized carbons (Fsp3) is 0.214. The third-order valence-electron chi connectivity index (χ3n) is 3.44. The van der Waals surface area contributed by atoms with Gasteiger partial charge in [0.2, 0.25) is 11.8 Å². The number of rotatable bonds is 5. The molecule has 0 spiro atoms. The smallest absolute Gasteiger partial charge is 0.417 e. The number of aromatic nitrogens is 4. The monoisotopic (exact) mass is 421 g/mol. The molecule has 9 nitrogen and oxygen atoms in total. The fourth-order valence-corrected chi connectivity index (χ4v) is 3.52. The standard InChI is InChI=1S/C14H11F4N5O4S/c1-26-9-6-10(27-2)23-13(19-9)20-12(21-23)22-28(24,25)11-7(14(16,17)18)4-3-5-8(11)15/h3-6H,1-2H3,(H,21,22). The van der Waals surface area contributed by atoms with Gasteiger partial charge in [0.1, 0.15) is 10.7 Å². The molecule has 0 aliphatic rings. The first kappa shape index (κ1) is 19.6. The van der Waals surface area contributed by atoms with Crippen molar-refractivity contribution in [2.45, 2.75) is 11.1 Å². The Morgan fingerprint density at radius 2 is 1.86 bits per heavy atom. The minimum Gasteiger partial charge on any atom is -0.481 e. The van der Waals surface area contributed by atoms with Crippen LogP contribution >= 0.6 is 0 Å². The first-order valence-corrected chi connectivity index (χ1v) is 8.79. The van der Waals surface area contributed by atoms with Gasteiger partial charge in [0.25, 0.3) is 21.7 Å². The van der Waals surface area contributed by atoms with E-state index in [1.54, 1.807) is 4.72 Å². The molecule has 0 unspecified atom stereocenters. The van der Waals surface area contributed by atoms with Crippen molar-refractivity contribution < 1.29 is 35.5 Å². The molecule has 0 bridgehead atoms. The van der Waals surface area contributed by atoms with E-state index < -0.39 is 38.4 Å². The molecule has 0 fully saturated rings. The van der Waals surface area contributed by atoms with E-state index >= 15 is 0 Å². The first-order valence-electron chi connectivity index (χ1n) is 7.31. The number of alkyl halides is 3. The molecular weight excluding hydrogens is 410 g/mol. The third-order valence-corrected chi connectivity index (χ3v) is 4.84. The van der Waals surface area contributed by atoms with Crippen molar-refractivity contribution in [3.05, 3.63) is 35.6 Å². The zero-order valence-electron chi connectivity index (χ0n) is 14.2. The van der Waals surface area contributed by atoms with E-state index in [0.29, 0.717) is 12.1 Å². The number of hydrogen-bond acceptors (Lipinski definition) is 7. The summed E-state index contributed by atoms with van der Waals surface area (Å²) in [5.74, 6) is -2.27. The van der Waals surface area contributed by atoms with Gasteiger partial charge in [0.05, 0.1) is 25.8 Å². The van der Waals surface area contributed by atoms with Gasteiger partial charge in [-0.1, -0.05) is 6.07 Å². The zero-order valence-corrected chi connectivity index (χ0v) is 15.0. The maximum absolute atomic E-state index is 14.0. The lowest BCUT2D eigenvalue weighted by Gasteiger charge is -2.13. The van der Waals surface area contributed by atoms with Gasteiger partial charge < -0.3 is 9.47 Å². The number of nitrogens with one attached hydrogen (secondary N) is 1. The highest BCUT2D eigenvalue weighted by atomic mass is 32.2. The summed E-state index contributed by atoms with van der Waals surface area (Å²) in [6, 6.07) is 3.11. The minimum absolute atomic E-state index is 0.0571. The van der Waals surface area contributed by atoms with Crippen LogP contribution in [-0.2, 0) is 16.2 Å². The maximum Gasteiger partial charge on any atom is 0.417 e. The van der Waals surface area contributed by atoms with Crippen molar-refractivity contribution in [3.8, 4) is 11.8 Å². The van der Waals surface area contributed by atoms with Crippen LogP contribution in [0.25, 0.3) is 5.78 Å². The zero-order chi connectivity index (χ0) is 20.7. The predicted molar refractivity (Wildman–Crippen MR) is 86.1 cm³/mol. The number of nitrogens with zero attached hydrogens (tertiary/aromatic N) is 4. The topological polar surface area (TPSA) is 108 Å². The molecule has 0 saturated carbocycles. The third kappa shape index (κ3) is 3.49. The van der Waals surface area contributed by atoms with E-state index in [4.69, 9.17) is 9.47 Å². The van der Waals surface area contributed by atoms with Crippen LogP contribution in [0.5, 0.6) is 11.8 Å². The summed E-state index contributed by atoms with van der Waals surface area (Å²) >= 11 is 0. The second-order valence-electron chi connectivity index (χ2n) is 5.21. The summed E-state index contributed by atoms with van der Waals surface area (Å²) in [5.41, 5.74) is -1.67. The van der Waals surface area contributed by atoms with Crippen LogP contribution in [0.3, 0.4) is 0 Å². The highest BCUT2D eigenvalue weighted by Crippen LogP contribution is 2.36. The number of benzene rings is 1. The average Bonchev–Trinajstić information content (AvgIpc) is 3.00. The summed E-state index contributed by atoms with van der Waals surface area (Å²) in [5, 5.41) is 3.76. The molecule has 2 heterocycles. The first-order chi connectivity index (χ1) is 13.1. The molecule has 0 aliphatic carbocycles. The van der Waals surface area contributed by atoms with Gasteiger partial charge in [0, 0.05) is 0 Å². The molecule has 2 aromatic heterocycles. The fourth-order valence-electron chi connectivity index (χ4n) is 2.29. The van der Waals surface area contributed by atoms with E-state index in [0.717, 1.165) is 10.6 Å². The number of ether oxygens (including phenoxy) is 2. The number of methoxy groups -OCH3 is 2. The van der Waals surface area contributed by atoms with Crippen LogP contribution in [0.15, 0.2) is 29.2 Å². The molecule has 150 valence electrons. The minimum atomic E-state index is -5.10. The molecule has 3 rings (SSSR count). The van der Waals surface area contributed by atoms with Gasteiger partial charge in [-0.25, -0.2) is 17.5 Å². The van der Waals surface area contributed by atoms with Crippen molar-refractivity contribution in [2.75, 3.05) is 18.9 Å². The SMILES string of the molecule is COc1cc(OC)n2nc(NS(=O)(=O)c3c(F)cccc3C(F)(F)F)nc2n1. The number of anilines is 1. The Hall–Kier alpha value is -3.16. The largest absolute Gasteiger partial charge is 0.481 e. The van der Waals surface area contributed by atoms with Crippen molar-refractivity contribution in [2.24, 2.45) is 0 Å². The van der Waals surface area contributed by atoms with Crippen molar-refractivity contribution in [1.29, 1.82) is 0 Å². The Morgan fingerprint density at radius 1 is 1.14 bits per heavy atom. The molecule has 14 heteroatoms. The quantitative estimate of drug-likeness (QED) is 0.629. The highest BCUT2D eigenvalue weighted by molar-refractivity contribution is 7.92. The molecule has 28 heavy (non-hydrogen) atoms. The van der Waals surface area contributed by atoms with Crippen LogP contribution in [0.2, 0.25) is 0 Å². The molecule has 1 aromatic carbocycles. The molecule has 0 aliphatic heterocycles. The van der Waals surface area contributed by atoms with Crippen LogP contribution in [0.4, 0.5) is 23.5 Å². The molecular formula is C14H11F4N5O4S. The number of hydrogen-bond donors (Lipinski definition) is 1. The number of sulfonamides is 1. The van der Waals surface area contributed by atoms with Crippen LogP contribution < -0.4 is 14.2 Å². The van der Waals surface area contributed by atoms with Crippen molar-refractivity contribution in [1.82, 2.24) is 19.6 Å². The van der Waals surface area contributed by atoms with Crippen molar-refractivity contribution in [3.63, 3.8) is 0 Å². The molecule has 1 N–H and O–H groups in total. The van der Waals surface area contributed by atoms with E-state index in [1.807, 2.05) is 0 Å². The maximum atomic E-state index is 14.0. The number of halogens is 4. The second-order valence-corrected chi connectivity index (χ2v) is 6.83. The van der Waals surface area contributed by atoms with Gasteiger partial charge >= 0.3 is 6.18 Å². The Balaban J connectivity index is 2.09. The van der Waals surface area contributed by atoms with Gasteiger partial charge in [-0.2, -0.15) is 27.7 Å². The van der Waals surface area contributed by atoms with E-state index in [-0.39, 0.29) is 17.5 Å². The molecule has 0 radical (unpaired) electrons. The van der Waals surface area contributed by atoms with Crippen LogP contribution in [-0.4, -0.2) is 42.2 Å². The highest BCUT2D eigenvalue weighted by Gasteiger charge is 2.39. The lowest BCUT2D eigenvalue weighted by molar-refractivity contribution is -0.140. The molecule has 0 amide bonds. The van der Waals surface area contributed by atoms with Gasteiger partial charge in [-0.05, 0) is 12.1 Å². The lowest BCUT2D eigenvalue weighted by Crippen LogP contribution is -2.21. The van der Waals surface area contributed by atoms with E-state index in [1.165, 1.54) is 20.3 Å². The van der Waals surface area contributed by atoms with Gasteiger partial charge in [-0.15, -0.1) is 5.10 Å². The molecule has 0 saturated heterocycles. The Kier molecular flexibility index (Phi) is 4.74. The molecule has 0 atom stereocenters. The van der Waals surface area contributed by atoms with Crippen molar-refractivity contribution >= 4 is 21.7 Å². The average molecular weight is 421 g/mol. The summed E-state index contributed by atoms with van der Waals surface area (Å²) in [6.45, 7) is 0. The Morgan fingerprint density at radius 3 is 2.46 bits per heavy atom. The van der Waals surface area contributed by atoms with Crippen LogP contribution in [0, 0.1) is 5.82 Å². The van der Waals surface area contributed by atoms with Gasteiger partial charge in [0.15, 0.2) is 0 Å². The Labute approximate surface area is 155 Å². The normalized spacial score (nSPS) is 12.2. The summed E-state index contributed by atoms with van der Waals surface area (Å²) in [6.07, 6.45) is -5.10. The second kappa shape index (κ2) is 6.78.